The molecule has 0 atom stereocenters. The van der Waals surface area contributed by atoms with Gasteiger partial charge >= 0.3 is 0 Å². The smallest absolute Gasteiger partial charge is 0.132 e. The minimum atomic E-state index is -0.577. The van der Waals surface area contributed by atoms with Gasteiger partial charge in [0.15, 0.2) is 0 Å². The van der Waals surface area contributed by atoms with Crippen LogP contribution < -0.4 is 5.32 Å². The van der Waals surface area contributed by atoms with Crippen molar-refractivity contribution in [3.63, 3.8) is 0 Å². The lowest BCUT2D eigenvalue weighted by Gasteiger charge is -2.05. The molecule has 104 valence electrons. The summed E-state index contributed by atoms with van der Waals surface area (Å²) in [5.41, 5.74) is 1.44. The third kappa shape index (κ3) is 3.57. The Morgan fingerprint density at radius 1 is 1.15 bits per heavy atom. The third-order valence-electron chi connectivity index (χ3n) is 3.20. The lowest BCUT2D eigenvalue weighted by molar-refractivity contribution is 0.580. The summed E-state index contributed by atoms with van der Waals surface area (Å²) < 4.78 is 26.3. The van der Waals surface area contributed by atoms with Crippen molar-refractivity contribution in [3.8, 4) is 0 Å². The second-order valence-corrected chi connectivity index (χ2v) is 5.07. The molecule has 1 aromatic carbocycles. The van der Waals surface area contributed by atoms with Gasteiger partial charge in [0.05, 0.1) is 5.69 Å². The maximum absolute atomic E-state index is 13.1. The van der Waals surface area contributed by atoms with E-state index in [0.29, 0.717) is 30.4 Å². The summed E-state index contributed by atoms with van der Waals surface area (Å²) in [4.78, 5) is 8.56. The zero-order valence-electron chi connectivity index (χ0n) is 10.9. The first-order valence-corrected chi connectivity index (χ1v) is 6.68. The highest BCUT2D eigenvalue weighted by molar-refractivity contribution is 5.21. The van der Waals surface area contributed by atoms with E-state index in [1.807, 2.05) is 6.07 Å². The van der Waals surface area contributed by atoms with E-state index < -0.39 is 11.6 Å². The molecule has 0 spiro atoms. The molecule has 1 saturated carbocycles. The van der Waals surface area contributed by atoms with Gasteiger partial charge in [-0.2, -0.15) is 0 Å². The molecule has 0 saturated heterocycles. The Morgan fingerprint density at radius 2 is 1.90 bits per heavy atom. The van der Waals surface area contributed by atoms with Gasteiger partial charge in [0.25, 0.3) is 0 Å². The second kappa shape index (κ2) is 5.63. The molecule has 0 radical (unpaired) electrons. The molecule has 1 N–H and O–H groups in total. The van der Waals surface area contributed by atoms with Crippen LogP contribution in [0.25, 0.3) is 0 Å². The Labute approximate surface area is 116 Å². The fraction of sp³-hybridized carbons (Fsp3) is 0.333. The van der Waals surface area contributed by atoms with Gasteiger partial charge in [0, 0.05) is 31.3 Å². The number of aromatic nitrogens is 2. The van der Waals surface area contributed by atoms with E-state index in [1.54, 1.807) is 6.20 Å². The summed E-state index contributed by atoms with van der Waals surface area (Å²) in [6, 6.07) is 5.94. The molecule has 0 bridgehead atoms. The van der Waals surface area contributed by atoms with E-state index in [1.165, 1.54) is 25.0 Å². The standard InChI is InChI=1S/C15H15F2N3/c16-11-5-10(6-12(17)8-11)7-15-18-4-3-14(20-15)9-19-13-1-2-13/h3-6,8,13,19H,1-2,7,9H2. The van der Waals surface area contributed by atoms with Crippen molar-refractivity contribution >= 4 is 0 Å². The maximum Gasteiger partial charge on any atom is 0.132 e. The number of nitrogens with zero attached hydrogens (tertiary/aromatic N) is 2. The minimum absolute atomic E-state index is 0.325. The summed E-state index contributed by atoms with van der Waals surface area (Å²) in [5, 5.41) is 3.37. The van der Waals surface area contributed by atoms with Crippen LogP contribution >= 0.6 is 0 Å². The zero-order chi connectivity index (χ0) is 13.9. The molecule has 1 aliphatic carbocycles. The largest absolute Gasteiger partial charge is 0.308 e. The summed E-state index contributed by atoms with van der Waals surface area (Å²) in [7, 11) is 0. The predicted octanol–water partition coefficient (Wildman–Crippen LogP) is 2.60. The summed E-state index contributed by atoms with van der Waals surface area (Å²) >= 11 is 0. The number of hydrogen-bond donors (Lipinski definition) is 1. The monoisotopic (exact) mass is 275 g/mol. The quantitative estimate of drug-likeness (QED) is 0.911. The van der Waals surface area contributed by atoms with Crippen molar-refractivity contribution in [1.29, 1.82) is 0 Å². The first-order valence-electron chi connectivity index (χ1n) is 6.68. The zero-order valence-corrected chi connectivity index (χ0v) is 10.9. The van der Waals surface area contributed by atoms with Crippen LogP contribution in [-0.2, 0) is 13.0 Å². The molecule has 1 aromatic heterocycles. The van der Waals surface area contributed by atoms with Crippen molar-refractivity contribution in [2.75, 3.05) is 0 Å². The fourth-order valence-corrected chi connectivity index (χ4v) is 2.06. The fourth-order valence-electron chi connectivity index (χ4n) is 2.06. The Morgan fingerprint density at radius 3 is 2.60 bits per heavy atom. The SMILES string of the molecule is Fc1cc(F)cc(Cc2nccc(CNC3CC3)n2)c1. The number of benzene rings is 1. The molecule has 20 heavy (non-hydrogen) atoms. The van der Waals surface area contributed by atoms with E-state index in [0.717, 1.165) is 11.8 Å². The van der Waals surface area contributed by atoms with E-state index in [2.05, 4.69) is 15.3 Å². The van der Waals surface area contributed by atoms with E-state index in [9.17, 15) is 8.78 Å². The Bertz CT molecular complexity index is 592. The van der Waals surface area contributed by atoms with Gasteiger partial charge in [-0.1, -0.05) is 0 Å². The van der Waals surface area contributed by atoms with Crippen LogP contribution in [0.15, 0.2) is 30.5 Å². The molecule has 1 aliphatic rings. The predicted molar refractivity (Wildman–Crippen MR) is 71.1 cm³/mol. The number of rotatable bonds is 5. The molecule has 5 heteroatoms. The van der Waals surface area contributed by atoms with Crippen molar-refractivity contribution in [1.82, 2.24) is 15.3 Å². The van der Waals surface area contributed by atoms with Crippen LogP contribution in [0.2, 0.25) is 0 Å². The number of nitrogens with one attached hydrogen (secondary N) is 1. The van der Waals surface area contributed by atoms with Crippen molar-refractivity contribution in [3.05, 3.63) is 59.2 Å². The molecule has 1 heterocycles. The summed E-state index contributed by atoms with van der Waals surface area (Å²) in [5.74, 6) is -0.580. The minimum Gasteiger partial charge on any atom is -0.308 e. The molecule has 3 rings (SSSR count). The molecular formula is C15H15F2N3. The van der Waals surface area contributed by atoms with Crippen molar-refractivity contribution in [2.45, 2.75) is 31.8 Å². The molecule has 2 aromatic rings. The van der Waals surface area contributed by atoms with Gasteiger partial charge in [0.1, 0.15) is 17.5 Å². The van der Waals surface area contributed by atoms with Crippen LogP contribution in [0.1, 0.15) is 29.9 Å². The van der Waals surface area contributed by atoms with Crippen molar-refractivity contribution in [2.24, 2.45) is 0 Å². The first kappa shape index (κ1) is 13.1. The molecular weight excluding hydrogens is 260 g/mol. The maximum atomic E-state index is 13.1. The molecule has 0 unspecified atom stereocenters. The van der Waals surface area contributed by atoms with E-state index in [4.69, 9.17) is 0 Å². The second-order valence-electron chi connectivity index (χ2n) is 5.07. The lowest BCUT2D eigenvalue weighted by atomic mass is 10.1. The number of halogens is 2. The normalized spacial score (nSPS) is 14.5. The van der Waals surface area contributed by atoms with Crippen molar-refractivity contribution < 1.29 is 8.78 Å². The van der Waals surface area contributed by atoms with E-state index in [-0.39, 0.29) is 0 Å². The highest BCUT2D eigenvalue weighted by atomic mass is 19.1. The van der Waals surface area contributed by atoms with Gasteiger partial charge in [-0.05, 0) is 36.6 Å². The van der Waals surface area contributed by atoms with Crippen LogP contribution in [0.3, 0.4) is 0 Å². The van der Waals surface area contributed by atoms with Crippen LogP contribution in [0, 0.1) is 11.6 Å². The Hall–Kier alpha value is -1.88. The van der Waals surface area contributed by atoms with Gasteiger partial charge in [-0.15, -0.1) is 0 Å². The summed E-state index contributed by atoms with van der Waals surface area (Å²) in [6.45, 7) is 0.706. The Balaban J connectivity index is 1.70. The number of hydrogen-bond acceptors (Lipinski definition) is 3. The average molecular weight is 275 g/mol. The van der Waals surface area contributed by atoms with Gasteiger partial charge in [0.2, 0.25) is 0 Å². The molecule has 1 fully saturated rings. The van der Waals surface area contributed by atoms with Gasteiger partial charge in [-0.3, -0.25) is 0 Å². The van der Waals surface area contributed by atoms with Crippen LogP contribution in [-0.4, -0.2) is 16.0 Å². The van der Waals surface area contributed by atoms with Crippen LogP contribution in [0.5, 0.6) is 0 Å². The molecule has 3 nitrogen and oxygen atoms in total. The van der Waals surface area contributed by atoms with Gasteiger partial charge < -0.3 is 5.32 Å². The Kier molecular flexibility index (Phi) is 3.69. The lowest BCUT2D eigenvalue weighted by Crippen LogP contribution is -2.16. The summed E-state index contributed by atoms with van der Waals surface area (Å²) in [6.07, 6.45) is 4.45. The van der Waals surface area contributed by atoms with E-state index >= 15 is 0 Å². The highest BCUT2D eigenvalue weighted by Crippen LogP contribution is 2.19. The first-order chi connectivity index (χ1) is 9.69. The highest BCUT2D eigenvalue weighted by Gasteiger charge is 2.20. The topological polar surface area (TPSA) is 37.8 Å². The average Bonchev–Trinajstić information content (AvgIpc) is 3.19. The molecule has 0 aliphatic heterocycles. The molecule has 0 amide bonds. The van der Waals surface area contributed by atoms with Gasteiger partial charge in [-0.25, -0.2) is 18.7 Å². The third-order valence-corrected chi connectivity index (χ3v) is 3.20. The van der Waals surface area contributed by atoms with Crippen LogP contribution in [0.4, 0.5) is 8.78 Å².